The number of pyridine rings is 1. The first-order valence-corrected chi connectivity index (χ1v) is 7.26. The van der Waals surface area contributed by atoms with E-state index >= 15 is 0 Å². The van der Waals surface area contributed by atoms with Crippen LogP contribution in [0.4, 0.5) is 5.82 Å². The van der Waals surface area contributed by atoms with Crippen molar-refractivity contribution < 1.29 is 9.57 Å². The molecule has 5 nitrogen and oxygen atoms in total. The number of hydroxylamine groups is 1. The fourth-order valence-electron chi connectivity index (χ4n) is 2.46. The summed E-state index contributed by atoms with van der Waals surface area (Å²) in [5.74, 6) is 1.04. The van der Waals surface area contributed by atoms with Gasteiger partial charge in [-0.2, -0.15) is 0 Å². The Kier molecular flexibility index (Phi) is 4.50. The summed E-state index contributed by atoms with van der Waals surface area (Å²) in [7, 11) is 0. The van der Waals surface area contributed by atoms with Crippen LogP contribution < -0.4 is 10.4 Å². The minimum atomic E-state index is 0.276. The van der Waals surface area contributed by atoms with Gasteiger partial charge in [-0.15, -0.1) is 0 Å². The number of nitrogens with one attached hydrogen (secondary N) is 1. The average Bonchev–Trinajstić information content (AvgIpc) is 2.55. The highest BCUT2D eigenvalue weighted by molar-refractivity contribution is 5.40. The van der Waals surface area contributed by atoms with Crippen LogP contribution in [0.2, 0.25) is 0 Å². The normalized spacial score (nSPS) is 20.6. The standard InChI is InChI=1S/C15H21N3O2/c1-2-8-16-15(3-1)18-9-4-13(5-10-18)17-20-14-6-11-19-12-7-14/h1-4,8,14,17H,5-7,9-12H2. The predicted octanol–water partition coefficient (Wildman–Crippen LogP) is 1.88. The van der Waals surface area contributed by atoms with Gasteiger partial charge in [-0.25, -0.2) is 4.98 Å². The van der Waals surface area contributed by atoms with Crippen molar-refractivity contribution in [2.75, 3.05) is 31.2 Å². The quantitative estimate of drug-likeness (QED) is 0.850. The molecule has 108 valence electrons. The van der Waals surface area contributed by atoms with Crippen LogP contribution in [0.25, 0.3) is 0 Å². The second-order valence-electron chi connectivity index (χ2n) is 5.14. The van der Waals surface area contributed by atoms with Gasteiger partial charge >= 0.3 is 0 Å². The van der Waals surface area contributed by atoms with E-state index in [0.717, 1.165) is 51.4 Å². The Morgan fingerprint density at radius 1 is 1.30 bits per heavy atom. The van der Waals surface area contributed by atoms with Gasteiger partial charge in [0.05, 0.1) is 6.10 Å². The molecule has 0 saturated carbocycles. The Morgan fingerprint density at radius 3 is 2.90 bits per heavy atom. The summed E-state index contributed by atoms with van der Waals surface area (Å²) >= 11 is 0. The Hall–Kier alpha value is -1.59. The summed E-state index contributed by atoms with van der Waals surface area (Å²) < 4.78 is 5.32. The van der Waals surface area contributed by atoms with Crippen LogP contribution in [0.3, 0.4) is 0 Å². The summed E-state index contributed by atoms with van der Waals surface area (Å²) in [4.78, 5) is 12.4. The number of hydrogen-bond donors (Lipinski definition) is 1. The molecule has 0 radical (unpaired) electrons. The lowest BCUT2D eigenvalue weighted by Gasteiger charge is -2.29. The SMILES string of the molecule is C1=C(NOC2CCOCC2)CCN(c2ccccn2)C1. The molecule has 1 aromatic rings. The molecule has 1 fully saturated rings. The van der Waals surface area contributed by atoms with Gasteiger partial charge < -0.3 is 9.64 Å². The van der Waals surface area contributed by atoms with Gasteiger partial charge in [-0.1, -0.05) is 6.07 Å². The van der Waals surface area contributed by atoms with Gasteiger partial charge in [0.25, 0.3) is 0 Å². The Bertz CT molecular complexity index is 444. The molecule has 1 N–H and O–H groups in total. The predicted molar refractivity (Wildman–Crippen MR) is 77.2 cm³/mol. The Balaban J connectivity index is 1.47. The zero-order chi connectivity index (χ0) is 13.6. The summed E-state index contributed by atoms with van der Waals surface area (Å²) in [5.41, 5.74) is 4.29. The Morgan fingerprint density at radius 2 is 2.20 bits per heavy atom. The van der Waals surface area contributed by atoms with Crippen molar-refractivity contribution in [3.8, 4) is 0 Å². The molecule has 0 amide bonds. The van der Waals surface area contributed by atoms with Crippen molar-refractivity contribution >= 4 is 5.82 Å². The molecular weight excluding hydrogens is 254 g/mol. The smallest absolute Gasteiger partial charge is 0.128 e. The van der Waals surface area contributed by atoms with Gasteiger partial charge in [0.1, 0.15) is 5.82 Å². The summed E-state index contributed by atoms with van der Waals surface area (Å²) in [5, 5.41) is 0. The second kappa shape index (κ2) is 6.72. The zero-order valence-electron chi connectivity index (χ0n) is 11.6. The summed E-state index contributed by atoms with van der Waals surface area (Å²) in [6, 6.07) is 6.01. The van der Waals surface area contributed by atoms with Gasteiger partial charge in [0.2, 0.25) is 0 Å². The van der Waals surface area contributed by atoms with E-state index in [1.54, 1.807) is 0 Å². The lowest BCUT2D eigenvalue weighted by molar-refractivity contribution is -0.0681. The van der Waals surface area contributed by atoms with Crippen LogP contribution in [0.15, 0.2) is 36.2 Å². The van der Waals surface area contributed by atoms with Crippen LogP contribution in [-0.2, 0) is 9.57 Å². The van der Waals surface area contributed by atoms with E-state index in [4.69, 9.17) is 9.57 Å². The summed E-state index contributed by atoms with van der Waals surface area (Å²) in [6.07, 6.45) is 7.19. The molecule has 0 aliphatic carbocycles. The lowest BCUT2D eigenvalue weighted by atomic mass is 10.2. The molecule has 0 aromatic carbocycles. The maximum absolute atomic E-state index is 5.73. The summed E-state index contributed by atoms with van der Waals surface area (Å²) in [6.45, 7) is 3.45. The molecule has 0 unspecified atom stereocenters. The van der Waals surface area contributed by atoms with Gasteiger partial charge in [0, 0.05) is 44.6 Å². The molecule has 20 heavy (non-hydrogen) atoms. The van der Waals surface area contributed by atoms with Crippen molar-refractivity contribution in [3.05, 3.63) is 36.2 Å². The van der Waals surface area contributed by atoms with E-state index in [-0.39, 0.29) is 6.10 Å². The highest BCUT2D eigenvalue weighted by Gasteiger charge is 2.17. The number of ether oxygens (including phenoxy) is 1. The van der Waals surface area contributed by atoms with E-state index < -0.39 is 0 Å². The van der Waals surface area contributed by atoms with Crippen LogP contribution in [0.5, 0.6) is 0 Å². The molecule has 0 spiro atoms. The van der Waals surface area contributed by atoms with Crippen LogP contribution in [0.1, 0.15) is 19.3 Å². The third-order valence-corrected chi connectivity index (χ3v) is 3.71. The minimum absolute atomic E-state index is 0.276. The lowest BCUT2D eigenvalue weighted by Crippen LogP contribution is -2.34. The maximum Gasteiger partial charge on any atom is 0.128 e. The molecule has 5 heteroatoms. The highest BCUT2D eigenvalue weighted by Crippen LogP contribution is 2.16. The van der Waals surface area contributed by atoms with E-state index in [0.29, 0.717) is 0 Å². The fourth-order valence-corrected chi connectivity index (χ4v) is 2.46. The third-order valence-electron chi connectivity index (χ3n) is 3.71. The van der Waals surface area contributed by atoms with Crippen molar-refractivity contribution in [3.63, 3.8) is 0 Å². The van der Waals surface area contributed by atoms with E-state index in [2.05, 4.69) is 21.4 Å². The van der Waals surface area contributed by atoms with E-state index in [1.807, 2.05) is 24.4 Å². The topological polar surface area (TPSA) is 46.6 Å². The van der Waals surface area contributed by atoms with Crippen molar-refractivity contribution in [2.45, 2.75) is 25.4 Å². The number of anilines is 1. The average molecular weight is 275 g/mol. The molecule has 1 aromatic heterocycles. The molecule has 2 aliphatic rings. The Labute approximate surface area is 119 Å². The molecule has 3 rings (SSSR count). The van der Waals surface area contributed by atoms with Gasteiger partial charge in [0.15, 0.2) is 0 Å². The first-order valence-electron chi connectivity index (χ1n) is 7.26. The fraction of sp³-hybridized carbons (Fsp3) is 0.533. The monoisotopic (exact) mass is 275 g/mol. The first-order chi connectivity index (χ1) is 9.92. The van der Waals surface area contributed by atoms with Crippen molar-refractivity contribution in [1.29, 1.82) is 0 Å². The van der Waals surface area contributed by atoms with E-state index in [9.17, 15) is 0 Å². The first kappa shape index (κ1) is 13.4. The van der Waals surface area contributed by atoms with Crippen molar-refractivity contribution in [2.24, 2.45) is 0 Å². The largest absolute Gasteiger partial charge is 0.381 e. The minimum Gasteiger partial charge on any atom is -0.381 e. The maximum atomic E-state index is 5.73. The highest BCUT2D eigenvalue weighted by atomic mass is 16.7. The van der Waals surface area contributed by atoms with Crippen molar-refractivity contribution in [1.82, 2.24) is 10.5 Å². The zero-order valence-corrected chi connectivity index (χ0v) is 11.6. The number of nitrogens with zero attached hydrogens (tertiary/aromatic N) is 2. The number of rotatable bonds is 4. The molecule has 1 saturated heterocycles. The van der Waals surface area contributed by atoms with Gasteiger partial charge in [-0.3, -0.25) is 10.3 Å². The molecule has 2 aliphatic heterocycles. The molecule has 0 atom stereocenters. The van der Waals surface area contributed by atoms with Crippen LogP contribution >= 0.6 is 0 Å². The van der Waals surface area contributed by atoms with E-state index in [1.165, 1.54) is 5.70 Å². The van der Waals surface area contributed by atoms with Crippen LogP contribution in [-0.4, -0.2) is 37.4 Å². The molecule has 0 bridgehead atoms. The number of hydrogen-bond acceptors (Lipinski definition) is 5. The molecular formula is C15H21N3O2. The van der Waals surface area contributed by atoms with Gasteiger partial charge in [-0.05, 0) is 31.1 Å². The second-order valence-corrected chi connectivity index (χ2v) is 5.14. The third kappa shape index (κ3) is 3.49. The number of aromatic nitrogens is 1. The molecule has 3 heterocycles. The van der Waals surface area contributed by atoms with Crippen LogP contribution in [0, 0.1) is 0 Å².